The molecule has 3 rings (SSSR count). The van der Waals surface area contributed by atoms with Crippen LogP contribution < -0.4 is 15.0 Å². The van der Waals surface area contributed by atoms with E-state index in [1.807, 2.05) is 6.92 Å². The number of rotatable bonds is 5. The van der Waals surface area contributed by atoms with Crippen molar-refractivity contribution in [1.29, 1.82) is 0 Å². The number of carbonyl (C=O) groups is 2. The van der Waals surface area contributed by atoms with Crippen LogP contribution in [0.25, 0.3) is 0 Å². The van der Waals surface area contributed by atoms with Crippen molar-refractivity contribution in [2.24, 2.45) is 0 Å². The van der Waals surface area contributed by atoms with Crippen LogP contribution in [0.5, 0.6) is 5.75 Å². The molecule has 1 heterocycles. The highest BCUT2D eigenvalue weighted by Crippen LogP contribution is 2.33. The molecule has 0 radical (unpaired) electrons. The molecular weight excluding hydrogens is 328 g/mol. The van der Waals surface area contributed by atoms with Gasteiger partial charge in [0.25, 0.3) is 5.91 Å². The summed E-state index contributed by atoms with van der Waals surface area (Å²) >= 11 is 5.96. The van der Waals surface area contributed by atoms with Crippen LogP contribution in [-0.2, 0) is 9.59 Å². The summed E-state index contributed by atoms with van der Waals surface area (Å²) in [4.78, 5) is 26.3. The summed E-state index contributed by atoms with van der Waals surface area (Å²) in [6.07, 6.45) is 0.0891. The molecule has 1 saturated heterocycles. The Morgan fingerprint density at radius 3 is 2.75 bits per heavy atom. The topological polar surface area (TPSA) is 58.6 Å². The quantitative estimate of drug-likeness (QED) is 0.844. The van der Waals surface area contributed by atoms with E-state index >= 15 is 0 Å². The van der Waals surface area contributed by atoms with E-state index in [9.17, 15) is 9.59 Å². The van der Waals surface area contributed by atoms with Gasteiger partial charge in [0.1, 0.15) is 11.8 Å². The molecule has 0 spiro atoms. The molecule has 1 fully saturated rings. The maximum absolute atomic E-state index is 12.7. The zero-order valence-electron chi connectivity index (χ0n) is 13.2. The summed E-state index contributed by atoms with van der Waals surface area (Å²) in [5, 5.41) is 3.64. The number of carbonyl (C=O) groups excluding carboxylic acids is 2. The number of ether oxygens (including phenoxy) is 1. The van der Waals surface area contributed by atoms with Gasteiger partial charge in [-0.1, -0.05) is 29.8 Å². The summed E-state index contributed by atoms with van der Waals surface area (Å²) in [5.74, 6) is -0.0380. The smallest absolute Gasteiger partial charge is 0.256 e. The molecular formula is C18H17ClN2O3. The summed E-state index contributed by atoms with van der Waals surface area (Å²) in [6.45, 7) is 2.31. The Morgan fingerprint density at radius 1 is 1.21 bits per heavy atom. The number of nitrogens with one attached hydrogen (secondary N) is 1. The number of amides is 2. The molecule has 0 aliphatic carbocycles. The van der Waals surface area contributed by atoms with Crippen LogP contribution in [0.4, 0.5) is 11.4 Å². The van der Waals surface area contributed by atoms with Crippen molar-refractivity contribution in [3.05, 3.63) is 53.6 Å². The predicted octanol–water partition coefficient (Wildman–Crippen LogP) is 3.48. The van der Waals surface area contributed by atoms with Gasteiger partial charge >= 0.3 is 0 Å². The highest BCUT2D eigenvalue weighted by molar-refractivity contribution is 6.30. The first-order valence-electron chi connectivity index (χ1n) is 7.71. The van der Waals surface area contributed by atoms with Crippen LogP contribution in [0, 0.1) is 0 Å². The van der Waals surface area contributed by atoms with Crippen molar-refractivity contribution in [1.82, 2.24) is 0 Å². The van der Waals surface area contributed by atoms with Gasteiger partial charge in [-0.15, -0.1) is 0 Å². The molecule has 5 nitrogen and oxygen atoms in total. The van der Waals surface area contributed by atoms with E-state index in [1.165, 1.54) is 4.90 Å². The van der Waals surface area contributed by atoms with E-state index in [0.717, 1.165) is 0 Å². The number of anilines is 2. The second-order valence-electron chi connectivity index (χ2n) is 5.38. The third-order valence-corrected chi connectivity index (χ3v) is 3.95. The third-order valence-electron chi connectivity index (χ3n) is 3.72. The molecule has 0 bridgehead atoms. The Hall–Kier alpha value is -2.53. The van der Waals surface area contributed by atoms with Crippen molar-refractivity contribution >= 4 is 34.8 Å². The Balaban J connectivity index is 1.84. The van der Waals surface area contributed by atoms with E-state index in [1.54, 1.807) is 48.5 Å². The SMILES string of the molecule is CCOc1ccccc1N1C(=O)C[C@@H](Nc2cccc(Cl)c2)C1=O. The van der Waals surface area contributed by atoms with Crippen molar-refractivity contribution < 1.29 is 14.3 Å². The van der Waals surface area contributed by atoms with Crippen LogP contribution in [0.3, 0.4) is 0 Å². The second-order valence-corrected chi connectivity index (χ2v) is 5.82. The fraction of sp³-hybridized carbons (Fsp3) is 0.222. The molecule has 6 heteroatoms. The standard InChI is InChI=1S/C18H17ClN2O3/c1-2-24-16-9-4-3-8-15(16)21-17(22)11-14(18(21)23)20-13-7-5-6-12(19)10-13/h3-10,14,20H,2,11H2,1H3/t14-/m1/s1. The van der Waals surface area contributed by atoms with Gasteiger partial charge in [-0.3, -0.25) is 9.59 Å². The highest BCUT2D eigenvalue weighted by Gasteiger charge is 2.40. The largest absolute Gasteiger partial charge is 0.492 e. The number of hydrogen-bond acceptors (Lipinski definition) is 4. The molecule has 2 aromatic carbocycles. The van der Waals surface area contributed by atoms with Crippen molar-refractivity contribution in [2.75, 3.05) is 16.8 Å². The van der Waals surface area contributed by atoms with Gasteiger partial charge in [0.05, 0.1) is 18.7 Å². The molecule has 124 valence electrons. The molecule has 0 saturated carbocycles. The third kappa shape index (κ3) is 3.21. The fourth-order valence-electron chi connectivity index (χ4n) is 2.70. The van der Waals surface area contributed by atoms with Gasteiger partial charge in [0, 0.05) is 10.7 Å². The summed E-state index contributed by atoms with van der Waals surface area (Å²) in [6, 6.07) is 13.5. The second kappa shape index (κ2) is 6.93. The van der Waals surface area contributed by atoms with E-state index in [0.29, 0.717) is 28.8 Å². The Kier molecular flexibility index (Phi) is 4.71. The lowest BCUT2D eigenvalue weighted by molar-refractivity contribution is -0.121. The van der Waals surface area contributed by atoms with E-state index in [-0.39, 0.29) is 18.2 Å². The lowest BCUT2D eigenvalue weighted by Gasteiger charge is -2.19. The summed E-state index contributed by atoms with van der Waals surface area (Å²) in [7, 11) is 0. The maximum atomic E-state index is 12.7. The Labute approximate surface area is 145 Å². The molecule has 24 heavy (non-hydrogen) atoms. The average molecular weight is 345 g/mol. The van der Waals surface area contributed by atoms with E-state index in [4.69, 9.17) is 16.3 Å². The van der Waals surface area contributed by atoms with Crippen molar-refractivity contribution in [3.8, 4) is 5.75 Å². The first-order valence-corrected chi connectivity index (χ1v) is 8.08. The zero-order chi connectivity index (χ0) is 17.1. The molecule has 0 aromatic heterocycles. The predicted molar refractivity (Wildman–Crippen MR) is 93.6 cm³/mol. The highest BCUT2D eigenvalue weighted by atomic mass is 35.5. The molecule has 1 atom stereocenters. The minimum atomic E-state index is -0.620. The lowest BCUT2D eigenvalue weighted by Crippen LogP contribution is -2.35. The number of hydrogen-bond donors (Lipinski definition) is 1. The maximum Gasteiger partial charge on any atom is 0.256 e. The number of benzene rings is 2. The van der Waals surface area contributed by atoms with Gasteiger partial charge in [-0.25, -0.2) is 4.90 Å². The molecule has 0 unspecified atom stereocenters. The van der Waals surface area contributed by atoms with Crippen LogP contribution in [0.15, 0.2) is 48.5 Å². The molecule has 2 aromatic rings. The lowest BCUT2D eigenvalue weighted by atomic mass is 10.2. The fourth-order valence-corrected chi connectivity index (χ4v) is 2.89. The van der Waals surface area contributed by atoms with Crippen LogP contribution in [0.2, 0.25) is 5.02 Å². The van der Waals surface area contributed by atoms with Crippen molar-refractivity contribution in [3.63, 3.8) is 0 Å². The summed E-state index contributed by atoms with van der Waals surface area (Å²) < 4.78 is 5.53. The minimum absolute atomic E-state index is 0.0891. The number of imide groups is 1. The minimum Gasteiger partial charge on any atom is -0.492 e. The first-order chi connectivity index (χ1) is 11.6. The average Bonchev–Trinajstić information content (AvgIpc) is 2.82. The van der Waals surface area contributed by atoms with Gasteiger partial charge in [-0.05, 0) is 37.3 Å². The Bertz CT molecular complexity index is 778. The van der Waals surface area contributed by atoms with E-state index < -0.39 is 6.04 Å². The normalized spacial score (nSPS) is 17.2. The summed E-state index contributed by atoms with van der Waals surface area (Å²) in [5.41, 5.74) is 1.18. The van der Waals surface area contributed by atoms with E-state index in [2.05, 4.69) is 5.32 Å². The van der Waals surface area contributed by atoms with Crippen molar-refractivity contribution in [2.45, 2.75) is 19.4 Å². The van der Waals surface area contributed by atoms with Gasteiger partial charge in [0.2, 0.25) is 5.91 Å². The molecule has 1 aliphatic heterocycles. The Morgan fingerprint density at radius 2 is 2.00 bits per heavy atom. The van der Waals surface area contributed by atoms with Crippen LogP contribution in [0.1, 0.15) is 13.3 Å². The molecule has 1 N–H and O–H groups in total. The molecule has 1 aliphatic rings. The monoisotopic (exact) mass is 344 g/mol. The zero-order valence-corrected chi connectivity index (χ0v) is 13.9. The van der Waals surface area contributed by atoms with Crippen LogP contribution in [-0.4, -0.2) is 24.5 Å². The van der Waals surface area contributed by atoms with Crippen LogP contribution >= 0.6 is 11.6 Å². The van der Waals surface area contributed by atoms with Gasteiger partial charge < -0.3 is 10.1 Å². The van der Waals surface area contributed by atoms with Gasteiger partial charge in [0.15, 0.2) is 0 Å². The number of halogens is 1. The first kappa shape index (κ1) is 16.3. The number of nitrogens with zero attached hydrogens (tertiary/aromatic N) is 1. The van der Waals surface area contributed by atoms with Gasteiger partial charge in [-0.2, -0.15) is 0 Å². The number of para-hydroxylation sites is 2. The molecule has 2 amide bonds.